The maximum Gasteiger partial charge on any atom is 0.317 e. The smallest absolute Gasteiger partial charge is 0.317 e. The lowest BCUT2D eigenvalue weighted by molar-refractivity contribution is 0.148. The van der Waals surface area contributed by atoms with Crippen molar-refractivity contribution in [3.05, 3.63) is 35.9 Å². The average Bonchev–Trinajstić information content (AvgIpc) is 2.69. The summed E-state index contributed by atoms with van der Waals surface area (Å²) in [6.45, 7) is 3.80. The Morgan fingerprint density at radius 3 is 2.22 bits per heavy atom. The Labute approximate surface area is 161 Å². The van der Waals surface area contributed by atoms with Crippen LogP contribution in [0.2, 0.25) is 0 Å². The van der Waals surface area contributed by atoms with Crippen molar-refractivity contribution in [1.82, 2.24) is 19.4 Å². The topological polar surface area (TPSA) is 99.0 Å². The zero-order valence-corrected chi connectivity index (χ0v) is 16.4. The number of benzene rings is 1. The number of amides is 2. The van der Waals surface area contributed by atoms with E-state index in [4.69, 9.17) is 5.14 Å². The average molecular weight is 396 g/mol. The Hall–Kier alpha value is -1.68. The molecule has 2 heterocycles. The molecule has 2 saturated heterocycles. The highest BCUT2D eigenvalue weighted by Gasteiger charge is 2.28. The molecule has 2 fully saturated rings. The van der Waals surface area contributed by atoms with Crippen molar-refractivity contribution in [3.63, 3.8) is 0 Å². The lowest BCUT2D eigenvalue weighted by Crippen LogP contribution is -2.55. The van der Waals surface area contributed by atoms with Crippen LogP contribution in [0.3, 0.4) is 0 Å². The van der Waals surface area contributed by atoms with Crippen LogP contribution in [0.1, 0.15) is 30.9 Å². The Bertz CT molecular complexity index is 714. The lowest BCUT2D eigenvalue weighted by Gasteiger charge is -2.36. The van der Waals surface area contributed by atoms with Crippen molar-refractivity contribution < 1.29 is 13.2 Å². The van der Waals surface area contributed by atoms with Gasteiger partial charge in [0.2, 0.25) is 0 Å². The summed E-state index contributed by atoms with van der Waals surface area (Å²) in [7, 11) is -3.68. The molecule has 8 nitrogen and oxygen atoms in total. The molecule has 9 heteroatoms. The molecule has 0 aliphatic carbocycles. The molecule has 3 rings (SSSR count). The largest absolute Gasteiger partial charge is 0.336 e. The predicted molar refractivity (Wildman–Crippen MR) is 104 cm³/mol. The Morgan fingerprint density at radius 2 is 1.63 bits per heavy atom. The number of piperidine rings is 1. The molecule has 150 valence electrons. The van der Waals surface area contributed by atoms with Gasteiger partial charge >= 0.3 is 6.03 Å². The van der Waals surface area contributed by atoms with Gasteiger partial charge in [-0.1, -0.05) is 36.8 Å². The number of hydrogen-bond acceptors (Lipinski definition) is 4. The summed E-state index contributed by atoms with van der Waals surface area (Å²) >= 11 is 0. The van der Waals surface area contributed by atoms with E-state index in [9.17, 15) is 13.2 Å². The van der Waals surface area contributed by atoms with Crippen LogP contribution < -0.4 is 10.5 Å². The number of nitrogens with zero attached hydrogens (tertiary/aromatic N) is 3. The van der Waals surface area contributed by atoms with Crippen LogP contribution in [0.25, 0.3) is 0 Å². The minimum Gasteiger partial charge on any atom is -0.336 e. The molecule has 0 radical (unpaired) electrons. The molecule has 2 aliphatic heterocycles. The number of piperazine rings is 1. The first-order chi connectivity index (χ1) is 12.9. The predicted octanol–water partition coefficient (Wildman–Crippen LogP) is 0.744. The summed E-state index contributed by atoms with van der Waals surface area (Å²) in [5.74, 6) is 0. The fourth-order valence-corrected chi connectivity index (χ4v) is 4.48. The molecular weight excluding hydrogens is 366 g/mol. The van der Waals surface area contributed by atoms with E-state index in [1.165, 1.54) is 29.1 Å². The van der Waals surface area contributed by atoms with Crippen LogP contribution >= 0.6 is 0 Å². The summed E-state index contributed by atoms with van der Waals surface area (Å²) in [6, 6.07) is 10.3. The third-order valence-corrected chi connectivity index (χ3v) is 6.43. The van der Waals surface area contributed by atoms with Crippen molar-refractivity contribution in [2.45, 2.75) is 25.3 Å². The van der Waals surface area contributed by atoms with Gasteiger partial charge < -0.3 is 10.2 Å². The number of carbonyl (C=O) groups excluding carboxylic acids is 1. The molecule has 0 bridgehead atoms. The van der Waals surface area contributed by atoms with Crippen molar-refractivity contribution in [2.24, 2.45) is 5.14 Å². The highest BCUT2D eigenvalue weighted by molar-refractivity contribution is 7.86. The molecule has 1 aromatic rings. The van der Waals surface area contributed by atoms with Crippen LogP contribution in [-0.2, 0) is 10.2 Å². The first-order valence-corrected chi connectivity index (χ1v) is 11.0. The number of urea groups is 1. The number of nitrogens with one attached hydrogen (secondary N) is 1. The quantitative estimate of drug-likeness (QED) is 0.768. The van der Waals surface area contributed by atoms with Gasteiger partial charge in [-0.3, -0.25) is 4.90 Å². The van der Waals surface area contributed by atoms with E-state index in [2.05, 4.69) is 22.3 Å². The monoisotopic (exact) mass is 395 g/mol. The van der Waals surface area contributed by atoms with Crippen molar-refractivity contribution >= 4 is 16.2 Å². The van der Waals surface area contributed by atoms with Crippen LogP contribution in [0.5, 0.6) is 0 Å². The van der Waals surface area contributed by atoms with Gasteiger partial charge in [0.25, 0.3) is 10.2 Å². The van der Waals surface area contributed by atoms with Gasteiger partial charge in [0.15, 0.2) is 0 Å². The third-order valence-electron chi connectivity index (χ3n) is 5.35. The third kappa shape index (κ3) is 5.41. The zero-order valence-electron chi connectivity index (χ0n) is 15.6. The summed E-state index contributed by atoms with van der Waals surface area (Å²) in [5, 5.41) is 8.20. The molecule has 0 aromatic heterocycles. The van der Waals surface area contributed by atoms with Gasteiger partial charge in [-0.25, -0.2) is 9.93 Å². The van der Waals surface area contributed by atoms with E-state index >= 15 is 0 Å². The van der Waals surface area contributed by atoms with Crippen LogP contribution in [0.4, 0.5) is 4.79 Å². The SMILES string of the molecule is NS(=O)(=O)N1CCN(C(=O)NCC(c2ccccc2)N2CCCCC2)CC1. The van der Waals surface area contributed by atoms with E-state index in [0.717, 1.165) is 13.1 Å². The molecule has 2 aliphatic rings. The number of rotatable bonds is 5. The highest BCUT2D eigenvalue weighted by atomic mass is 32.2. The fourth-order valence-electron chi connectivity index (χ4n) is 3.80. The van der Waals surface area contributed by atoms with Crippen molar-refractivity contribution in [2.75, 3.05) is 45.8 Å². The number of nitrogens with two attached hydrogens (primary N) is 1. The van der Waals surface area contributed by atoms with E-state index < -0.39 is 10.2 Å². The summed E-state index contributed by atoms with van der Waals surface area (Å²) in [6.07, 6.45) is 3.64. The van der Waals surface area contributed by atoms with Crippen LogP contribution in [-0.4, -0.2) is 74.4 Å². The van der Waals surface area contributed by atoms with Crippen molar-refractivity contribution in [1.29, 1.82) is 0 Å². The molecule has 0 spiro atoms. The van der Waals surface area contributed by atoms with Gasteiger partial charge in [0, 0.05) is 32.7 Å². The lowest BCUT2D eigenvalue weighted by atomic mass is 10.0. The minimum atomic E-state index is -3.68. The van der Waals surface area contributed by atoms with E-state index in [1.54, 1.807) is 4.90 Å². The molecule has 0 saturated carbocycles. The normalized spacial score (nSPS) is 21.0. The second kappa shape index (κ2) is 9.01. The molecule has 1 atom stereocenters. The number of hydrogen-bond donors (Lipinski definition) is 2. The van der Waals surface area contributed by atoms with E-state index in [0.29, 0.717) is 19.6 Å². The van der Waals surface area contributed by atoms with Crippen molar-refractivity contribution in [3.8, 4) is 0 Å². The van der Waals surface area contributed by atoms with Gasteiger partial charge in [-0.05, 0) is 31.5 Å². The van der Waals surface area contributed by atoms with Gasteiger partial charge in [0.05, 0.1) is 6.04 Å². The Balaban J connectivity index is 1.58. The minimum absolute atomic E-state index is 0.151. The maximum atomic E-state index is 12.6. The second-order valence-corrected chi connectivity index (χ2v) is 8.69. The Morgan fingerprint density at radius 1 is 1.00 bits per heavy atom. The number of carbonyl (C=O) groups is 1. The van der Waals surface area contributed by atoms with Crippen LogP contribution in [0.15, 0.2) is 30.3 Å². The highest BCUT2D eigenvalue weighted by Crippen LogP contribution is 2.24. The maximum absolute atomic E-state index is 12.6. The first kappa shape index (κ1) is 20.1. The zero-order chi connectivity index (χ0) is 19.3. The van der Waals surface area contributed by atoms with E-state index in [-0.39, 0.29) is 25.2 Å². The Kier molecular flexibility index (Phi) is 6.69. The number of likely N-dealkylation sites (tertiary alicyclic amines) is 1. The molecule has 1 unspecified atom stereocenters. The summed E-state index contributed by atoms with van der Waals surface area (Å²) < 4.78 is 24.0. The summed E-state index contributed by atoms with van der Waals surface area (Å²) in [5.41, 5.74) is 1.21. The molecule has 1 aromatic carbocycles. The molecular formula is C18H29N5O3S. The molecule has 2 amide bonds. The van der Waals surface area contributed by atoms with Crippen LogP contribution in [0, 0.1) is 0 Å². The standard InChI is InChI=1S/C18H29N5O3S/c19-27(25,26)23-13-11-22(12-14-23)18(24)20-15-17(16-7-3-1-4-8-16)21-9-5-2-6-10-21/h1,3-4,7-8,17H,2,5-6,9-15H2,(H,20,24)(H2,19,25,26). The molecule has 27 heavy (non-hydrogen) atoms. The van der Waals surface area contributed by atoms with E-state index in [1.807, 2.05) is 18.2 Å². The fraction of sp³-hybridized carbons (Fsp3) is 0.611. The first-order valence-electron chi connectivity index (χ1n) is 9.55. The van der Waals surface area contributed by atoms with Gasteiger partial charge in [-0.15, -0.1) is 0 Å². The van der Waals surface area contributed by atoms with Gasteiger partial charge in [-0.2, -0.15) is 12.7 Å². The van der Waals surface area contributed by atoms with Gasteiger partial charge in [0.1, 0.15) is 0 Å². The molecule has 3 N–H and O–H groups in total. The summed E-state index contributed by atoms with van der Waals surface area (Å²) in [4.78, 5) is 16.7. The second-order valence-electron chi connectivity index (χ2n) is 7.14.